The Morgan fingerprint density at radius 2 is 1.89 bits per heavy atom. The molecule has 104 valence electrons. The van der Waals surface area contributed by atoms with Gasteiger partial charge < -0.3 is 10.8 Å². The summed E-state index contributed by atoms with van der Waals surface area (Å²) in [6, 6.07) is 4.31. The summed E-state index contributed by atoms with van der Waals surface area (Å²) in [6.07, 6.45) is 0.954. The van der Waals surface area contributed by atoms with E-state index in [0.717, 1.165) is 6.42 Å². The van der Waals surface area contributed by atoms with Crippen molar-refractivity contribution in [3.8, 4) is 0 Å². The van der Waals surface area contributed by atoms with Crippen LogP contribution >= 0.6 is 12.4 Å². The van der Waals surface area contributed by atoms with Crippen LogP contribution in [0.3, 0.4) is 0 Å². The van der Waals surface area contributed by atoms with Gasteiger partial charge in [-0.3, -0.25) is 0 Å². The molecule has 1 rings (SSSR count). The van der Waals surface area contributed by atoms with E-state index in [-0.39, 0.29) is 18.2 Å². The van der Waals surface area contributed by atoms with Crippen molar-refractivity contribution in [1.82, 2.24) is 0 Å². The standard InChI is InChI=1S/C14H22FNO.ClH/c1-9(2)7-8-13(17)14(16)11-5-4-6-12(15)10(11)3;/h4-6,9,13-14,17H,7-8,16H2,1-3H3;1H/t13-,14+;/m0./s1. The third kappa shape index (κ3) is 4.56. The van der Waals surface area contributed by atoms with E-state index in [2.05, 4.69) is 13.8 Å². The number of rotatable bonds is 5. The highest BCUT2D eigenvalue weighted by atomic mass is 35.5. The number of hydrogen-bond acceptors (Lipinski definition) is 2. The zero-order chi connectivity index (χ0) is 13.0. The van der Waals surface area contributed by atoms with Gasteiger partial charge in [0.25, 0.3) is 0 Å². The third-order valence-corrected chi connectivity index (χ3v) is 3.12. The molecule has 1 aromatic carbocycles. The highest BCUT2D eigenvalue weighted by Crippen LogP contribution is 2.23. The van der Waals surface area contributed by atoms with Crippen LogP contribution in [0.2, 0.25) is 0 Å². The van der Waals surface area contributed by atoms with Crippen LogP contribution in [0, 0.1) is 18.7 Å². The van der Waals surface area contributed by atoms with E-state index in [1.807, 2.05) is 0 Å². The van der Waals surface area contributed by atoms with Crippen LogP contribution in [-0.2, 0) is 0 Å². The van der Waals surface area contributed by atoms with E-state index in [0.29, 0.717) is 23.5 Å². The fourth-order valence-corrected chi connectivity index (χ4v) is 1.88. The first-order valence-electron chi connectivity index (χ1n) is 6.12. The number of halogens is 2. The highest BCUT2D eigenvalue weighted by molar-refractivity contribution is 5.85. The zero-order valence-electron chi connectivity index (χ0n) is 11.2. The summed E-state index contributed by atoms with van der Waals surface area (Å²) in [5, 5.41) is 9.99. The summed E-state index contributed by atoms with van der Waals surface area (Å²) in [5.74, 6) is 0.263. The van der Waals surface area contributed by atoms with Crippen molar-refractivity contribution in [1.29, 1.82) is 0 Å². The molecule has 2 nitrogen and oxygen atoms in total. The predicted molar refractivity (Wildman–Crippen MR) is 75.4 cm³/mol. The quantitative estimate of drug-likeness (QED) is 0.866. The monoisotopic (exact) mass is 275 g/mol. The topological polar surface area (TPSA) is 46.2 Å². The van der Waals surface area contributed by atoms with Gasteiger partial charge in [-0.2, -0.15) is 0 Å². The van der Waals surface area contributed by atoms with Crippen molar-refractivity contribution in [2.24, 2.45) is 11.7 Å². The Labute approximate surface area is 115 Å². The SMILES string of the molecule is Cc1c(F)cccc1[C@@H](N)[C@@H](O)CCC(C)C.Cl. The Morgan fingerprint density at radius 3 is 2.44 bits per heavy atom. The lowest BCUT2D eigenvalue weighted by Gasteiger charge is -2.21. The number of nitrogens with two attached hydrogens (primary N) is 1. The smallest absolute Gasteiger partial charge is 0.126 e. The second-order valence-electron chi connectivity index (χ2n) is 5.02. The second-order valence-corrected chi connectivity index (χ2v) is 5.02. The van der Waals surface area contributed by atoms with Gasteiger partial charge in [0, 0.05) is 0 Å². The maximum absolute atomic E-state index is 13.4. The van der Waals surface area contributed by atoms with Gasteiger partial charge >= 0.3 is 0 Å². The highest BCUT2D eigenvalue weighted by Gasteiger charge is 2.19. The Bertz CT molecular complexity index is 371. The van der Waals surface area contributed by atoms with Crippen molar-refractivity contribution in [2.45, 2.75) is 45.8 Å². The number of aliphatic hydroxyl groups is 1. The fraction of sp³-hybridized carbons (Fsp3) is 0.571. The Hall–Kier alpha value is -0.640. The summed E-state index contributed by atoms with van der Waals surface area (Å²) in [5.41, 5.74) is 7.20. The van der Waals surface area contributed by atoms with Crippen LogP contribution in [0.15, 0.2) is 18.2 Å². The summed E-state index contributed by atoms with van der Waals surface area (Å²) < 4.78 is 13.4. The summed E-state index contributed by atoms with van der Waals surface area (Å²) in [4.78, 5) is 0. The average molecular weight is 276 g/mol. The summed E-state index contributed by atoms with van der Waals surface area (Å²) in [6.45, 7) is 5.90. The van der Waals surface area contributed by atoms with Gasteiger partial charge in [0.2, 0.25) is 0 Å². The summed E-state index contributed by atoms with van der Waals surface area (Å²) >= 11 is 0. The Morgan fingerprint density at radius 1 is 1.28 bits per heavy atom. The molecule has 0 spiro atoms. The van der Waals surface area contributed by atoms with Gasteiger partial charge in [-0.05, 0) is 42.9 Å². The molecule has 18 heavy (non-hydrogen) atoms. The molecule has 0 amide bonds. The molecule has 0 bridgehead atoms. The molecule has 0 aliphatic heterocycles. The lowest BCUT2D eigenvalue weighted by Crippen LogP contribution is -2.27. The molecule has 0 radical (unpaired) electrons. The van der Waals surface area contributed by atoms with Crippen LogP contribution in [0.4, 0.5) is 4.39 Å². The minimum Gasteiger partial charge on any atom is -0.391 e. The van der Waals surface area contributed by atoms with Crippen molar-refractivity contribution in [3.05, 3.63) is 35.1 Å². The molecule has 0 unspecified atom stereocenters. The van der Waals surface area contributed by atoms with Gasteiger partial charge in [0.15, 0.2) is 0 Å². The molecular weight excluding hydrogens is 253 g/mol. The van der Waals surface area contributed by atoms with Crippen molar-refractivity contribution < 1.29 is 9.50 Å². The first-order valence-corrected chi connectivity index (χ1v) is 6.12. The minimum absolute atomic E-state index is 0. The third-order valence-electron chi connectivity index (χ3n) is 3.12. The van der Waals surface area contributed by atoms with Gasteiger partial charge in [-0.1, -0.05) is 26.0 Å². The molecule has 4 heteroatoms. The van der Waals surface area contributed by atoms with Crippen LogP contribution < -0.4 is 5.73 Å². The second kappa shape index (κ2) is 7.72. The van der Waals surface area contributed by atoms with E-state index in [1.54, 1.807) is 19.1 Å². The molecular formula is C14H23ClFNO. The maximum Gasteiger partial charge on any atom is 0.126 e. The largest absolute Gasteiger partial charge is 0.391 e. The van der Waals surface area contributed by atoms with Crippen molar-refractivity contribution in [3.63, 3.8) is 0 Å². The van der Waals surface area contributed by atoms with Gasteiger partial charge in [-0.15, -0.1) is 12.4 Å². The minimum atomic E-state index is -0.613. The zero-order valence-corrected chi connectivity index (χ0v) is 12.0. The average Bonchev–Trinajstić information content (AvgIpc) is 2.28. The number of hydrogen-bond donors (Lipinski definition) is 2. The Balaban J connectivity index is 0.00000289. The summed E-state index contributed by atoms with van der Waals surface area (Å²) in [7, 11) is 0. The van der Waals surface area contributed by atoms with E-state index in [9.17, 15) is 9.50 Å². The Kier molecular flexibility index (Phi) is 7.45. The maximum atomic E-state index is 13.4. The number of aliphatic hydroxyl groups excluding tert-OH is 1. The van der Waals surface area contributed by atoms with Crippen LogP contribution in [-0.4, -0.2) is 11.2 Å². The van der Waals surface area contributed by atoms with Crippen LogP contribution in [0.5, 0.6) is 0 Å². The molecule has 0 aromatic heterocycles. The molecule has 0 saturated carbocycles. The molecule has 0 saturated heterocycles. The first-order chi connectivity index (χ1) is 7.93. The lowest BCUT2D eigenvalue weighted by molar-refractivity contribution is 0.128. The van der Waals surface area contributed by atoms with E-state index < -0.39 is 12.1 Å². The molecule has 0 aliphatic carbocycles. The molecule has 2 atom stereocenters. The first kappa shape index (κ1) is 17.4. The molecule has 3 N–H and O–H groups in total. The van der Waals surface area contributed by atoms with Gasteiger partial charge in [-0.25, -0.2) is 4.39 Å². The molecule has 1 aromatic rings. The fourth-order valence-electron chi connectivity index (χ4n) is 1.88. The normalized spacial score (nSPS) is 14.2. The molecule has 0 heterocycles. The van der Waals surface area contributed by atoms with E-state index >= 15 is 0 Å². The van der Waals surface area contributed by atoms with E-state index in [1.165, 1.54) is 6.07 Å². The van der Waals surface area contributed by atoms with Gasteiger partial charge in [0.1, 0.15) is 5.82 Å². The molecule has 0 aliphatic rings. The van der Waals surface area contributed by atoms with Crippen molar-refractivity contribution >= 4 is 12.4 Å². The van der Waals surface area contributed by atoms with Gasteiger partial charge in [0.05, 0.1) is 12.1 Å². The van der Waals surface area contributed by atoms with Crippen molar-refractivity contribution in [2.75, 3.05) is 0 Å². The lowest BCUT2D eigenvalue weighted by atomic mass is 9.93. The van der Waals surface area contributed by atoms with Crippen LogP contribution in [0.1, 0.15) is 43.9 Å². The van der Waals surface area contributed by atoms with E-state index in [4.69, 9.17) is 5.73 Å². The number of benzene rings is 1. The molecule has 0 fully saturated rings. The van der Waals surface area contributed by atoms with Crippen LogP contribution in [0.25, 0.3) is 0 Å². The predicted octanol–water partition coefficient (Wildman–Crippen LogP) is 3.35.